The average molecular weight is 194 g/mol. The summed E-state index contributed by atoms with van der Waals surface area (Å²) in [5, 5.41) is 0. The van der Waals surface area contributed by atoms with Crippen molar-refractivity contribution in [1.29, 1.82) is 0 Å². The Hall–Kier alpha value is 0.0538. The Morgan fingerprint density at radius 3 is 1.55 bits per heavy atom. The fourth-order valence-corrected chi connectivity index (χ4v) is 2.02. The molecule has 0 aromatic heterocycles. The van der Waals surface area contributed by atoms with Gasteiger partial charge in [0.05, 0.1) is 0 Å². The van der Waals surface area contributed by atoms with Crippen molar-refractivity contribution in [1.82, 2.24) is 0 Å². The third-order valence-corrected chi connectivity index (χ3v) is 2.89. The standard InChI is InChI=1S/C4H8.C2H10O3Si2/c1-4(2)3;1-3-7(4-2)5-6/h1H2,2-3H3;7H,1-2,6H3. The molecule has 0 rings (SSSR count). The lowest BCUT2D eigenvalue weighted by Gasteiger charge is -2.05. The first-order valence-corrected chi connectivity index (χ1v) is 5.52. The van der Waals surface area contributed by atoms with Crippen LogP contribution in [0.15, 0.2) is 12.2 Å². The van der Waals surface area contributed by atoms with Gasteiger partial charge in [0, 0.05) is 14.2 Å². The fraction of sp³-hybridized carbons (Fsp3) is 0.667. The van der Waals surface area contributed by atoms with E-state index in [4.69, 9.17) is 13.0 Å². The van der Waals surface area contributed by atoms with Crippen LogP contribution >= 0.6 is 0 Å². The predicted molar refractivity (Wildman–Crippen MR) is 52.7 cm³/mol. The van der Waals surface area contributed by atoms with Gasteiger partial charge < -0.3 is 13.0 Å². The molecular weight excluding hydrogens is 176 g/mol. The van der Waals surface area contributed by atoms with Gasteiger partial charge in [-0.2, -0.15) is 0 Å². The lowest BCUT2D eigenvalue weighted by atomic mass is 10.4. The molecule has 0 saturated heterocycles. The molecule has 0 radical (unpaired) electrons. The van der Waals surface area contributed by atoms with Crippen molar-refractivity contribution < 1.29 is 13.0 Å². The van der Waals surface area contributed by atoms with Crippen molar-refractivity contribution in [2.45, 2.75) is 13.8 Å². The largest absolute Gasteiger partial charge is 0.472 e. The van der Waals surface area contributed by atoms with E-state index in [2.05, 4.69) is 6.58 Å². The highest BCUT2D eigenvalue weighted by atomic mass is 28.4. The molecule has 11 heavy (non-hydrogen) atoms. The third kappa shape index (κ3) is 17.8. The van der Waals surface area contributed by atoms with Crippen molar-refractivity contribution in [3.05, 3.63) is 12.2 Å². The predicted octanol–water partition coefficient (Wildman–Crippen LogP) is -0.124. The molecule has 0 aliphatic rings. The van der Waals surface area contributed by atoms with Crippen LogP contribution in [-0.4, -0.2) is 34.2 Å². The highest BCUT2D eigenvalue weighted by Crippen LogP contribution is 1.80. The van der Waals surface area contributed by atoms with Crippen LogP contribution in [0.25, 0.3) is 0 Å². The van der Waals surface area contributed by atoms with Crippen molar-refractivity contribution in [2.24, 2.45) is 0 Å². The van der Waals surface area contributed by atoms with E-state index in [1.807, 2.05) is 13.8 Å². The maximum atomic E-state index is 4.88. The number of rotatable bonds is 3. The van der Waals surface area contributed by atoms with E-state index in [1.165, 1.54) is 5.57 Å². The third-order valence-electron chi connectivity index (χ3n) is 0.577. The minimum Gasteiger partial charge on any atom is -0.427 e. The van der Waals surface area contributed by atoms with Gasteiger partial charge in [-0.15, -0.1) is 6.58 Å². The molecule has 0 N–H and O–H groups in total. The first kappa shape index (κ1) is 13.6. The van der Waals surface area contributed by atoms with Gasteiger partial charge in [-0.1, -0.05) is 5.57 Å². The Bertz CT molecular complexity index is 84.3. The molecule has 0 aromatic carbocycles. The molecule has 5 heteroatoms. The maximum Gasteiger partial charge on any atom is 0.472 e. The second-order valence-electron chi connectivity index (χ2n) is 2.20. The summed E-state index contributed by atoms with van der Waals surface area (Å²) in [6.45, 7) is 7.50. The van der Waals surface area contributed by atoms with Crippen molar-refractivity contribution in [3.63, 3.8) is 0 Å². The second-order valence-corrected chi connectivity index (χ2v) is 5.61. The zero-order chi connectivity index (χ0) is 9.28. The highest BCUT2D eigenvalue weighted by molar-refractivity contribution is 6.41. The molecule has 0 fully saturated rings. The molecule has 68 valence electrons. The minimum atomic E-state index is -1.61. The molecule has 0 saturated carbocycles. The van der Waals surface area contributed by atoms with Crippen molar-refractivity contribution in [2.75, 3.05) is 14.2 Å². The molecule has 0 heterocycles. The van der Waals surface area contributed by atoms with Crippen LogP contribution in [0.4, 0.5) is 0 Å². The van der Waals surface area contributed by atoms with Gasteiger partial charge in [-0.25, -0.2) is 0 Å². The molecule has 0 atom stereocenters. The SMILES string of the molecule is C=C(C)C.CO[SiH](OC)O[SiH3]. The van der Waals surface area contributed by atoms with E-state index >= 15 is 0 Å². The summed E-state index contributed by atoms with van der Waals surface area (Å²) in [6.07, 6.45) is 0. The molecule has 0 unspecified atom stereocenters. The summed E-state index contributed by atoms with van der Waals surface area (Å²) >= 11 is 0. The van der Waals surface area contributed by atoms with Gasteiger partial charge >= 0.3 is 9.53 Å². The van der Waals surface area contributed by atoms with Crippen LogP contribution < -0.4 is 0 Å². The Kier molecular flexibility index (Phi) is 12.5. The molecular formula is C6H18O3Si2. The minimum absolute atomic E-state index is 0.703. The summed E-state index contributed by atoms with van der Waals surface area (Å²) in [6, 6.07) is 0. The lowest BCUT2D eigenvalue weighted by molar-refractivity contribution is 0.207. The Labute approximate surface area is 73.9 Å². The maximum absolute atomic E-state index is 4.88. The Balaban J connectivity index is 0. The monoisotopic (exact) mass is 194 g/mol. The molecule has 0 amide bonds. The first-order valence-electron chi connectivity index (χ1n) is 3.29. The van der Waals surface area contributed by atoms with Crippen LogP contribution in [0.2, 0.25) is 0 Å². The smallest absolute Gasteiger partial charge is 0.427 e. The molecule has 0 aliphatic carbocycles. The Morgan fingerprint density at radius 1 is 1.27 bits per heavy atom. The van der Waals surface area contributed by atoms with Gasteiger partial charge in [0.15, 0.2) is 0 Å². The van der Waals surface area contributed by atoms with Crippen molar-refractivity contribution >= 4 is 20.0 Å². The number of hydrogen-bond donors (Lipinski definition) is 0. The zero-order valence-corrected chi connectivity index (χ0v) is 11.2. The summed E-state index contributed by atoms with van der Waals surface area (Å²) in [7, 11) is 2.28. The number of hydrogen-bond acceptors (Lipinski definition) is 3. The first-order chi connectivity index (χ1) is 5.08. The average Bonchev–Trinajstić information content (AvgIpc) is 1.90. The van der Waals surface area contributed by atoms with E-state index in [0.717, 1.165) is 0 Å². The van der Waals surface area contributed by atoms with E-state index < -0.39 is 9.53 Å². The molecule has 0 spiro atoms. The quantitative estimate of drug-likeness (QED) is 0.463. The summed E-state index contributed by atoms with van der Waals surface area (Å²) in [4.78, 5) is 0. The van der Waals surface area contributed by atoms with Gasteiger partial charge in [0.25, 0.3) is 0 Å². The van der Waals surface area contributed by atoms with Crippen molar-refractivity contribution in [3.8, 4) is 0 Å². The van der Waals surface area contributed by atoms with Crippen LogP contribution in [-0.2, 0) is 13.0 Å². The normalized spacial score (nSPS) is 9.18. The second kappa shape index (κ2) is 10.1. The molecule has 0 bridgehead atoms. The van der Waals surface area contributed by atoms with Crippen LogP contribution in [0, 0.1) is 0 Å². The van der Waals surface area contributed by atoms with E-state index in [-0.39, 0.29) is 0 Å². The summed E-state index contributed by atoms with van der Waals surface area (Å²) < 4.78 is 14.4. The Morgan fingerprint density at radius 2 is 1.55 bits per heavy atom. The van der Waals surface area contributed by atoms with Crippen LogP contribution in [0.5, 0.6) is 0 Å². The lowest BCUT2D eigenvalue weighted by Crippen LogP contribution is -2.22. The van der Waals surface area contributed by atoms with E-state index in [9.17, 15) is 0 Å². The fourth-order valence-electron chi connectivity index (χ4n) is 0.289. The molecule has 0 aliphatic heterocycles. The summed E-state index contributed by atoms with van der Waals surface area (Å²) in [5.74, 6) is 0. The van der Waals surface area contributed by atoms with E-state index in [0.29, 0.717) is 10.5 Å². The molecule has 3 nitrogen and oxygen atoms in total. The summed E-state index contributed by atoms with van der Waals surface area (Å²) in [5.41, 5.74) is 1.17. The van der Waals surface area contributed by atoms with E-state index in [1.54, 1.807) is 14.2 Å². The zero-order valence-electron chi connectivity index (χ0n) is 8.01. The topological polar surface area (TPSA) is 27.7 Å². The number of allylic oxidation sites excluding steroid dienone is 1. The van der Waals surface area contributed by atoms with Gasteiger partial charge in [-0.05, 0) is 13.8 Å². The van der Waals surface area contributed by atoms with Gasteiger partial charge in [0.2, 0.25) is 0 Å². The highest BCUT2D eigenvalue weighted by Gasteiger charge is 2.04. The van der Waals surface area contributed by atoms with Gasteiger partial charge in [0.1, 0.15) is 10.5 Å². The van der Waals surface area contributed by atoms with Crippen LogP contribution in [0.3, 0.4) is 0 Å². The van der Waals surface area contributed by atoms with Crippen LogP contribution in [0.1, 0.15) is 13.8 Å². The van der Waals surface area contributed by atoms with Gasteiger partial charge in [-0.3, -0.25) is 0 Å². The molecule has 0 aromatic rings.